The molecule has 1 aliphatic carbocycles. The number of hydrogen-bond acceptors (Lipinski definition) is 7. The molecule has 8 nitrogen and oxygen atoms in total. The third-order valence-electron chi connectivity index (χ3n) is 5.96. The molecule has 0 saturated heterocycles. The molecular formula is C25H29ClFNO7S2. The van der Waals surface area contributed by atoms with E-state index in [1.54, 1.807) is 32.9 Å². The first-order valence-electron chi connectivity index (χ1n) is 11.9. The van der Waals surface area contributed by atoms with E-state index >= 15 is 0 Å². The highest BCUT2D eigenvalue weighted by Crippen LogP contribution is 2.39. The minimum absolute atomic E-state index is 0.0934. The van der Waals surface area contributed by atoms with E-state index < -0.39 is 43.4 Å². The lowest BCUT2D eigenvalue weighted by molar-refractivity contribution is -0.153. The fourth-order valence-corrected chi connectivity index (χ4v) is 7.59. The van der Waals surface area contributed by atoms with Crippen molar-refractivity contribution >= 4 is 43.1 Å². The van der Waals surface area contributed by atoms with Gasteiger partial charge < -0.3 is 9.47 Å². The fraction of sp³-hybridized carbons (Fsp3) is 0.480. The number of sulfonamides is 1. The van der Waals surface area contributed by atoms with Gasteiger partial charge in [0.25, 0.3) is 10.0 Å². The van der Waals surface area contributed by atoms with Crippen LogP contribution in [0.2, 0.25) is 5.02 Å². The number of hydrogen-bond donors (Lipinski definition) is 0. The van der Waals surface area contributed by atoms with E-state index in [1.165, 1.54) is 6.07 Å². The minimum Gasteiger partial charge on any atom is -0.486 e. The number of fused-ring (bicyclic) bond motifs is 1. The summed E-state index contributed by atoms with van der Waals surface area (Å²) in [5, 5.41) is -0.680. The van der Waals surface area contributed by atoms with Crippen molar-refractivity contribution in [3.8, 4) is 5.75 Å². The largest absolute Gasteiger partial charge is 0.486 e. The van der Waals surface area contributed by atoms with Crippen LogP contribution in [0.4, 0.5) is 10.1 Å². The zero-order chi connectivity index (χ0) is 27.2. The quantitative estimate of drug-likeness (QED) is 0.434. The van der Waals surface area contributed by atoms with Crippen LogP contribution in [0.15, 0.2) is 41.3 Å². The molecule has 202 valence electrons. The average Bonchev–Trinajstić information content (AvgIpc) is 3.64. The average molecular weight is 574 g/mol. The monoisotopic (exact) mass is 573 g/mol. The van der Waals surface area contributed by atoms with Crippen molar-refractivity contribution in [2.75, 3.05) is 16.6 Å². The number of nitrogens with zero attached hydrogens (tertiary/aromatic N) is 1. The molecule has 12 heteroatoms. The lowest BCUT2D eigenvalue weighted by Crippen LogP contribution is -2.44. The van der Waals surface area contributed by atoms with Gasteiger partial charge in [-0.15, -0.1) is 0 Å². The summed E-state index contributed by atoms with van der Waals surface area (Å²) in [4.78, 5) is 12.1. The Balaban J connectivity index is 1.67. The lowest BCUT2D eigenvalue weighted by Gasteiger charge is -2.36. The van der Waals surface area contributed by atoms with Crippen LogP contribution in [0, 0.1) is 5.82 Å². The van der Waals surface area contributed by atoms with Gasteiger partial charge in [0.05, 0.1) is 39.6 Å². The van der Waals surface area contributed by atoms with E-state index in [-0.39, 0.29) is 51.7 Å². The van der Waals surface area contributed by atoms with Crippen molar-refractivity contribution in [2.24, 2.45) is 0 Å². The molecule has 0 unspecified atom stereocenters. The predicted octanol–water partition coefficient (Wildman–Crippen LogP) is 4.29. The van der Waals surface area contributed by atoms with Crippen LogP contribution in [0.3, 0.4) is 0 Å². The molecule has 2 aromatic carbocycles. The second kappa shape index (κ2) is 10.1. The van der Waals surface area contributed by atoms with Crippen LogP contribution in [0.25, 0.3) is 0 Å². The molecule has 0 amide bonds. The first-order chi connectivity index (χ1) is 17.2. The minimum atomic E-state index is -4.24. The van der Waals surface area contributed by atoms with E-state index in [9.17, 15) is 26.0 Å². The van der Waals surface area contributed by atoms with Gasteiger partial charge in [0.1, 0.15) is 23.3 Å². The normalized spacial score (nSPS) is 18.2. The molecule has 2 aliphatic rings. The number of carbonyl (C=O) groups excluding carboxylic acids is 1. The summed E-state index contributed by atoms with van der Waals surface area (Å²) in [6.07, 6.45) is 0.563. The molecule has 0 aromatic heterocycles. The highest BCUT2D eigenvalue weighted by Gasteiger charge is 2.39. The molecule has 0 spiro atoms. The number of benzene rings is 2. The zero-order valence-corrected chi connectivity index (χ0v) is 23.1. The van der Waals surface area contributed by atoms with Gasteiger partial charge in [-0.1, -0.05) is 17.7 Å². The topological polar surface area (TPSA) is 107 Å². The second-order valence-corrected chi connectivity index (χ2v) is 14.9. The molecule has 0 radical (unpaired) electrons. The zero-order valence-electron chi connectivity index (χ0n) is 20.7. The van der Waals surface area contributed by atoms with Crippen LogP contribution in [0.5, 0.6) is 5.75 Å². The number of halogens is 2. The maximum absolute atomic E-state index is 13.7. The van der Waals surface area contributed by atoms with Gasteiger partial charge in [-0.25, -0.2) is 21.2 Å². The molecule has 37 heavy (non-hydrogen) atoms. The van der Waals surface area contributed by atoms with Gasteiger partial charge in [-0.05, 0) is 75.9 Å². The summed E-state index contributed by atoms with van der Waals surface area (Å²) >= 11 is 5.86. The van der Waals surface area contributed by atoms with Crippen molar-refractivity contribution in [1.82, 2.24) is 0 Å². The second-order valence-electron chi connectivity index (χ2n) is 10.3. The summed E-state index contributed by atoms with van der Waals surface area (Å²) in [7, 11) is -7.52. The smallest absolute Gasteiger partial charge is 0.310 e. The van der Waals surface area contributed by atoms with Crippen molar-refractivity contribution in [3.05, 3.63) is 52.8 Å². The highest BCUT2D eigenvalue weighted by atomic mass is 35.5. The summed E-state index contributed by atoms with van der Waals surface area (Å²) in [5.74, 6) is -1.13. The molecule has 1 saturated carbocycles. The maximum atomic E-state index is 13.7. The van der Waals surface area contributed by atoms with E-state index in [4.69, 9.17) is 21.1 Å². The van der Waals surface area contributed by atoms with Crippen LogP contribution < -0.4 is 9.04 Å². The van der Waals surface area contributed by atoms with Gasteiger partial charge in [-0.2, -0.15) is 0 Å². The number of esters is 1. The third-order valence-corrected chi connectivity index (χ3v) is 10.3. The Kier molecular flexibility index (Phi) is 7.53. The number of sulfone groups is 1. The Hall–Kier alpha value is -2.37. The van der Waals surface area contributed by atoms with Crippen LogP contribution in [0.1, 0.15) is 45.6 Å². The maximum Gasteiger partial charge on any atom is 0.310 e. The number of ether oxygens (including phenoxy) is 2. The number of anilines is 1. The van der Waals surface area contributed by atoms with Crippen molar-refractivity contribution in [1.29, 1.82) is 0 Å². The van der Waals surface area contributed by atoms with Crippen molar-refractivity contribution in [2.45, 2.75) is 68.3 Å². The summed E-state index contributed by atoms with van der Waals surface area (Å²) in [6, 6.07) is 7.82. The molecular weight excluding hydrogens is 545 g/mol. The lowest BCUT2D eigenvalue weighted by atomic mass is 10.1. The van der Waals surface area contributed by atoms with E-state index in [0.717, 1.165) is 22.5 Å². The Bertz CT molecular complexity index is 1420. The number of rotatable bonds is 8. The predicted molar refractivity (Wildman–Crippen MR) is 138 cm³/mol. The summed E-state index contributed by atoms with van der Waals surface area (Å²) in [5.41, 5.74) is 0.00568. The Morgan fingerprint density at radius 2 is 1.84 bits per heavy atom. The summed E-state index contributed by atoms with van der Waals surface area (Å²) < 4.78 is 78.4. The molecule has 1 heterocycles. The van der Waals surface area contributed by atoms with Gasteiger partial charge in [-0.3, -0.25) is 9.10 Å². The van der Waals surface area contributed by atoms with Crippen LogP contribution >= 0.6 is 11.6 Å². The van der Waals surface area contributed by atoms with Gasteiger partial charge in [0, 0.05) is 0 Å². The van der Waals surface area contributed by atoms with Gasteiger partial charge in [0.15, 0.2) is 9.84 Å². The molecule has 1 aliphatic heterocycles. The third kappa shape index (κ3) is 6.56. The standard InChI is InChI=1S/C25H29ClFNO7S2/c1-25(2,3)35-24(29)13-16-4-9-23-22(12-16)28(37(32,33)19-7-8-21(27)20(26)14-19)15-17(34-23)10-11-36(30,31)18-5-6-18/h4,7-9,12,14,17-18H,5-6,10-11,13,15H2,1-3H3/t17-/m0/s1. The SMILES string of the molecule is CC(C)(C)OC(=O)Cc1ccc2c(c1)N(S(=O)(=O)c1ccc(F)c(Cl)c1)C[C@H](CCS(=O)(=O)C1CC1)O2. The van der Waals surface area contributed by atoms with E-state index in [0.29, 0.717) is 18.4 Å². The fourth-order valence-electron chi connectivity index (χ4n) is 4.04. The summed E-state index contributed by atoms with van der Waals surface area (Å²) in [6.45, 7) is 5.08. The molecule has 1 fully saturated rings. The van der Waals surface area contributed by atoms with E-state index in [2.05, 4.69) is 0 Å². The molecule has 0 N–H and O–H groups in total. The Morgan fingerprint density at radius 1 is 1.14 bits per heavy atom. The molecule has 1 atom stereocenters. The molecule has 0 bridgehead atoms. The Labute approximate surface area is 221 Å². The first-order valence-corrected chi connectivity index (χ1v) is 15.4. The highest BCUT2D eigenvalue weighted by molar-refractivity contribution is 7.93. The van der Waals surface area contributed by atoms with Gasteiger partial charge in [0.2, 0.25) is 0 Å². The molecule has 4 rings (SSSR count). The van der Waals surface area contributed by atoms with Crippen molar-refractivity contribution in [3.63, 3.8) is 0 Å². The molecule has 2 aromatic rings. The first kappa shape index (κ1) is 27.7. The number of carbonyl (C=O) groups is 1. The Morgan fingerprint density at radius 3 is 2.46 bits per heavy atom. The van der Waals surface area contributed by atoms with Crippen molar-refractivity contribution < 1.29 is 35.5 Å². The van der Waals surface area contributed by atoms with Gasteiger partial charge >= 0.3 is 5.97 Å². The van der Waals surface area contributed by atoms with Crippen LogP contribution in [-0.2, 0) is 35.8 Å². The van der Waals surface area contributed by atoms with E-state index in [1.807, 2.05) is 0 Å². The van der Waals surface area contributed by atoms with Crippen LogP contribution in [-0.4, -0.2) is 52.1 Å².